The van der Waals surface area contributed by atoms with Gasteiger partial charge in [-0.2, -0.15) is 8.78 Å². The molecule has 0 saturated carbocycles. The van der Waals surface area contributed by atoms with Crippen LogP contribution < -0.4 is 14.8 Å². The standard InChI is InChI=1S/C21H30F2N2O3/c1-15(20(26)24-12-11-16-7-5-4-6-8-16)25(2)14-17-9-10-18(27-3)19(13-17)28-21(22)23/h7,9-10,13,15,21H,4-6,8,11-12,14H2,1-3H3,(H,24,26). The van der Waals surface area contributed by atoms with Crippen molar-refractivity contribution in [2.45, 2.75) is 58.2 Å². The van der Waals surface area contributed by atoms with Crippen molar-refractivity contribution in [3.63, 3.8) is 0 Å². The van der Waals surface area contributed by atoms with E-state index in [0.717, 1.165) is 24.8 Å². The Morgan fingerprint density at radius 3 is 2.71 bits per heavy atom. The van der Waals surface area contributed by atoms with Crippen molar-refractivity contribution in [2.24, 2.45) is 0 Å². The van der Waals surface area contributed by atoms with Crippen molar-refractivity contribution < 1.29 is 23.0 Å². The van der Waals surface area contributed by atoms with Gasteiger partial charge < -0.3 is 14.8 Å². The lowest BCUT2D eigenvalue weighted by atomic mass is 9.97. The van der Waals surface area contributed by atoms with Crippen LogP contribution in [0.3, 0.4) is 0 Å². The number of allylic oxidation sites excluding steroid dienone is 1. The Bertz CT molecular complexity index is 680. The fraction of sp³-hybridized carbons (Fsp3) is 0.571. The average molecular weight is 396 g/mol. The van der Waals surface area contributed by atoms with Gasteiger partial charge >= 0.3 is 6.61 Å². The Hall–Kier alpha value is -2.15. The topological polar surface area (TPSA) is 50.8 Å². The summed E-state index contributed by atoms with van der Waals surface area (Å²) in [4.78, 5) is 14.3. The highest BCUT2D eigenvalue weighted by molar-refractivity contribution is 5.81. The van der Waals surface area contributed by atoms with E-state index in [0.29, 0.717) is 13.1 Å². The minimum absolute atomic E-state index is 0.0127. The fourth-order valence-electron chi connectivity index (χ4n) is 3.26. The number of nitrogens with zero attached hydrogens (tertiary/aromatic N) is 1. The number of hydrogen-bond donors (Lipinski definition) is 1. The lowest BCUT2D eigenvalue weighted by molar-refractivity contribution is -0.125. The molecular weight excluding hydrogens is 366 g/mol. The van der Waals surface area contributed by atoms with Crippen LogP contribution in [-0.4, -0.2) is 44.2 Å². The van der Waals surface area contributed by atoms with E-state index in [2.05, 4.69) is 16.1 Å². The molecule has 28 heavy (non-hydrogen) atoms. The Morgan fingerprint density at radius 1 is 1.29 bits per heavy atom. The third-order valence-corrected chi connectivity index (χ3v) is 5.05. The molecular formula is C21H30F2N2O3. The summed E-state index contributed by atoms with van der Waals surface area (Å²) in [5.41, 5.74) is 2.18. The average Bonchev–Trinajstić information content (AvgIpc) is 2.68. The molecule has 0 fully saturated rings. The smallest absolute Gasteiger partial charge is 0.387 e. The number of hydrogen-bond acceptors (Lipinski definition) is 4. The van der Waals surface area contributed by atoms with E-state index in [-0.39, 0.29) is 23.4 Å². The van der Waals surface area contributed by atoms with Crippen LogP contribution in [0.15, 0.2) is 29.8 Å². The summed E-state index contributed by atoms with van der Waals surface area (Å²) in [7, 11) is 3.22. The Balaban J connectivity index is 1.87. The van der Waals surface area contributed by atoms with Gasteiger partial charge in [-0.25, -0.2) is 0 Å². The number of benzene rings is 1. The molecule has 0 aliphatic heterocycles. The summed E-state index contributed by atoms with van der Waals surface area (Å²) in [5.74, 6) is 0.187. The van der Waals surface area contributed by atoms with Crippen LogP contribution in [0.1, 0.15) is 44.6 Å². The molecule has 1 atom stereocenters. The lowest BCUT2D eigenvalue weighted by Crippen LogP contribution is -2.43. The van der Waals surface area contributed by atoms with Crippen molar-refractivity contribution in [1.29, 1.82) is 0 Å². The van der Waals surface area contributed by atoms with Crippen molar-refractivity contribution in [3.8, 4) is 11.5 Å². The molecule has 1 aromatic rings. The zero-order valence-electron chi connectivity index (χ0n) is 16.8. The number of nitrogens with one attached hydrogen (secondary N) is 1. The molecule has 1 amide bonds. The zero-order valence-corrected chi connectivity index (χ0v) is 16.8. The lowest BCUT2D eigenvalue weighted by Gasteiger charge is -2.24. The quantitative estimate of drug-likeness (QED) is 0.605. The number of rotatable bonds is 10. The second-order valence-electron chi connectivity index (χ2n) is 7.10. The van der Waals surface area contributed by atoms with Gasteiger partial charge in [-0.15, -0.1) is 0 Å². The van der Waals surface area contributed by atoms with Crippen LogP contribution in [0.25, 0.3) is 0 Å². The monoisotopic (exact) mass is 396 g/mol. The van der Waals surface area contributed by atoms with Gasteiger partial charge in [0.2, 0.25) is 5.91 Å². The van der Waals surface area contributed by atoms with Crippen molar-refractivity contribution in [1.82, 2.24) is 10.2 Å². The molecule has 1 aromatic carbocycles. The third-order valence-electron chi connectivity index (χ3n) is 5.05. The first-order valence-electron chi connectivity index (χ1n) is 9.68. The maximum Gasteiger partial charge on any atom is 0.387 e. The molecule has 0 heterocycles. The number of alkyl halides is 2. The first-order chi connectivity index (χ1) is 13.4. The SMILES string of the molecule is COc1ccc(CN(C)C(C)C(=O)NCCC2=CCCCC2)cc1OC(F)F. The normalized spacial score (nSPS) is 15.3. The predicted molar refractivity (Wildman–Crippen MR) is 105 cm³/mol. The molecule has 0 aromatic heterocycles. The number of carbonyl (C=O) groups excluding carboxylic acids is 1. The molecule has 2 rings (SSSR count). The second kappa shape index (κ2) is 11.0. The largest absolute Gasteiger partial charge is 0.493 e. The first-order valence-corrected chi connectivity index (χ1v) is 9.68. The third kappa shape index (κ3) is 6.78. The molecule has 1 aliphatic rings. The summed E-state index contributed by atoms with van der Waals surface area (Å²) in [6.45, 7) is -0.0398. The molecule has 7 heteroatoms. The number of halogens is 2. The minimum Gasteiger partial charge on any atom is -0.493 e. The Kier molecular flexibility index (Phi) is 8.70. The second-order valence-corrected chi connectivity index (χ2v) is 7.10. The molecule has 0 saturated heterocycles. The van der Waals surface area contributed by atoms with E-state index < -0.39 is 6.61 Å². The summed E-state index contributed by atoms with van der Waals surface area (Å²) < 4.78 is 34.7. The van der Waals surface area contributed by atoms with Crippen molar-refractivity contribution in [2.75, 3.05) is 20.7 Å². The number of carbonyl (C=O) groups is 1. The van der Waals surface area contributed by atoms with Crippen molar-refractivity contribution >= 4 is 5.91 Å². The van der Waals surface area contributed by atoms with Crippen LogP contribution in [0.2, 0.25) is 0 Å². The van der Waals surface area contributed by atoms with E-state index >= 15 is 0 Å². The summed E-state index contributed by atoms with van der Waals surface area (Å²) in [5, 5.41) is 2.99. The Labute approximate surface area is 165 Å². The molecule has 0 radical (unpaired) electrons. The Morgan fingerprint density at radius 2 is 2.07 bits per heavy atom. The highest BCUT2D eigenvalue weighted by Crippen LogP contribution is 2.30. The molecule has 5 nitrogen and oxygen atoms in total. The molecule has 0 spiro atoms. The van der Waals surface area contributed by atoms with Crippen LogP contribution in [-0.2, 0) is 11.3 Å². The van der Waals surface area contributed by atoms with Gasteiger partial charge in [0, 0.05) is 13.1 Å². The predicted octanol–water partition coefficient (Wildman–Crippen LogP) is 4.12. The maximum absolute atomic E-state index is 12.6. The highest BCUT2D eigenvalue weighted by atomic mass is 19.3. The summed E-state index contributed by atoms with van der Waals surface area (Å²) >= 11 is 0. The van der Waals surface area contributed by atoms with E-state index in [1.165, 1.54) is 31.6 Å². The zero-order chi connectivity index (χ0) is 20.5. The van der Waals surface area contributed by atoms with Crippen LogP contribution in [0, 0.1) is 0 Å². The number of amides is 1. The van der Waals surface area contributed by atoms with E-state index in [1.54, 1.807) is 12.1 Å². The van der Waals surface area contributed by atoms with Gasteiger partial charge in [-0.3, -0.25) is 9.69 Å². The number of ether oxygens (including phenoxy) is 2. The van der Waals surface area contributed by atoms with Crippen LogP contribution in [0.4, 0.5) is 8.78 Å². The minimum atomic E-state index is -2.93. The van der Waals surface area contributed by atoms with E-state index in [9.17, 15) is 13.6 Å². The maximum atomic E-state index is 12.6. The number of likely N-dealkylation sites (N-methyl/N-ethyl adjacent to an activating group) is 1. The van der Waals surface area contributed by atoms with Gasteiger partial charge in [0.15, 0.2) is 11.5 Å². The van der Waals surface area contributed by atoms with Gasteiger partial charge in [0.05, 0.1) is 13.2 Å². The van der Waals surface area contributed by atoms with Crippen molar-refractivity contribution in [3.05, 3.63) is 35.4 Å². The molecule has 1 aliphatic carbocycles. The van der Waals surface area contributed by atoms with Crippen LogP contribution >= 0.6 is 0 Å². The molecule has 156 valence electrons. The van der Waals surface area contributed by atoms with E-state index in [4.69, 9.17) is 4.74 Å². The molecule has 0 bridgehead atoms. The summed E-state index contributed by atoms with van der Waals surface area (Å²) in [6.07, 6.45) is 7.95. The van der Waals surface area contributed by atoms with Gasteiger partial charge in [-0.05, 0) is 63.8 Å². The van der Waals surface area contributed by atoms with Gasteiger partial charge in [0.1, 0.15) is 0 Å². The fourth-order valence-corrected chi connectivity index (χ4v) is 3.26. The molecule has 1 N–H and O–H groups in total. The van der Waals surface area contributed by atoms with Crippen LogP contribution in [0.5, 0.6) is 11.5 Å². The van der Waals surface area contributed by atoms with E-state index in [1.807, 2.05) is 18.9 Å². The van der Waals surface area contributed by atoms with Gasteiger partial charge in [-0.1, -0.05) is 17.7 Å². The van der Waals surface area contributed by atoms with Gasteiger partial charge in [0.25, 0.3) is 0 Å². The first kappa shape index (κ1) is 22.1. The molecule has 1 unspecified atom stereocenters. The summed E-state index contributed by atoms with van der Waals surface area (Å²) in [6, 6.07) is 4.53. The highest BCUT2D eigenvalue weighted by Gasteiger charge is 2.19. The number of methoxy groups -OCH3 is 1.